The number of sulfonamides is 1. The fraction of sp³-hybridized carbons (Fsp3) is 0.571. The summed E-state index contributed by atoms with van der Waals surface area (Å²) in [4.78, 5) is 0.164. The molecule has 0 aromatic heterocycles. The van der Waals surface area contributed by atoms with E-state index in [1.807, 2.05) is 13.8 Å². The predicted molar refractivity (Wildman–Crippen MR) is 79.8 cm³/mol. The molecule has 1 rings (SSSR count). The second-order valence-electron chi connectivity index (χ2n) is 5.36. The lowest BCUT2D eigenvalue weighted by molar-refractivity contribution is 0.511. The number of nitrogens with two attached hydrogens (primary N) is 1. The quantitative estimate of drug-likeness (QED) is 0.873. The third-order valence-corrected chi connectivity index (χ3v) is 4.45. The molecule has 108 valence electrons. The molecule has 0 fully saturated rings. The number of benzene rings is 1. The van der Waals surface area contributed by atoms with Crippen LogP contribution in [0.3, 0.4) is 0 Å². The number of rotatable bonds is 5. The average Bonchev–Trinajstić information content (AvgIpc) is 2.28. The van der Waals surface area contributed by atoms with Gasteiger partial charge in [-0.1, -0.05) is 20.8 Å². The zero-order valence-corrected chi connectivity index (χ0v) is 13.1. The average molecular weight is 284 g/mol. The van der Waals surface area contributed by atoms with Gasteiger partial charge in [0.25, 0.3) is 0 Å². The Kier molecular flexibility index (Phi) is 4.98. The van der Waals surface area contributed by atoms with Crippen molar-refractivity contribution in [2.45, 2.75) is 52.0 Å². The van der Waals surface area contributed by atoms with Gasteiger partial charge in [-0.15, -0.1) is 0 Å². The number of hydrogen-bond acceptors (Lipinski definition) is 3. The molecular weight excluding hydrogens is 260 g/mol. The van der Waals surface area contributed by atoms with Gasteiger partial charge in [-0.3, -0.25) is 0 Å². The number of hydrogen-bond donors (Lipinski definition) is 2. The monoisotopic (exact) mass is 284 g/mol. The second kappa shape index (κ2) is 5.92. The van der Waals surface area contributed by atoms with Crippen molar-refractivity contribution in [2.75, 3.05) is 5.32 Å². The molecule has 0 amide bonds. The lowest BCUT2D eigenvalue weighted by Gasteiger charge is -2.24. The highest BCUT2D eigenvalue weighted by Crippen LogP contribution is 2.25. The van der Waals surface area contributed by atoms with Crippen LogP contribution in [0.15, 0.2) is 17.0 Å². The zero-order valence-electron chi connectivity index (χ0n) is 12.3. The molecular formula is C14H24N2O2S. The Morgan fingerprint density at radius 1 is 1.26 bits per heavy atom. The van der Waals surface area contributed by atoms with E-state index in [0.29, 0.717) is 12.0 Å². The van der Waals surface area contributed by atoms with Crippen molar-refractivity contribution in [2.24, 2.45) is 11.1 Å². The maximum absolute atomic E-state index is 11.5. The number of primary sulfonamides is 1. The van der Waals surface area contributed by atoms with E-state index in [-0.39, 0.29) is 4.90 Å². The molecule has 5 heteroatoms. The second-order valence-corrected chi connectivity index (χ2v) is 6.92. The van der Waals surface area contributed by atoms with Gasteiger partial charge in [0.15, 0.2) is 0 Å². The molecule has 0 aliphatic carbocycles. The smallest absolute Gasteiger partial charge is 0.238 e. The Morgan fingerprint density at radius 2 is 1.84 bits per heavy atom. The summed E-state index contributed by atoms with van der Waals surface area (Å²) in [7, 11) is -3.67. The summed E-state index contributed by atoms with van der Waals surface area (Å²) in [5.41, 5.74) is 2.84. The van der Waals surface area contributed by atoms with E-state index in [0.717, 1.165) is 23.2 Å². The van der Waals surface area contributed by atoms with Gasteiger partial charge in [0.05, 0.1) is 4.90 Å². The van der Waals surface area contributed by atoms with E-state index in [9.17, 15) is 8.42 Å². The maximum Gasteiger partial charge on any atom is 0.238 e. The van der Waals surface area contributed by atoms with E-state index in [1.54, 1.807) is 12.1 Å². The normalized spacial score (nSPS) is 13.6. The van der Waals surface area contributed by atoms with Crippen molar-refractivity contribution < 1.29 is 8.42 Å². The van der Waals surface area contributed by atoms with E-state index >= 15 is 0 Å². The van der Waals surface area contributed by atoms with Crippen molar-refractivity contribution in [1.29, 1.82) is 0 Å². The number of aryl methyl sites for hydroxylation is 1. The van der Waals surface area contributed by atoms with Gasteiger partial charge in [-0.05, 0) is 49.4 Å². The highest BCUT2D eigenvalue weighted by molar-refractivity contribution is 7.89. The Morgan fingerprint density at radius 3 is 2.26 bits per heavy atom. The van der Waals surface area contributed by atoms with Gasteiger partial charge >= 0.3 is 0 Å². The van der Waals surface area contributed by atoms with Gasteiger partial charge in [-0.25, -0.2) is 13.6 Å². The molecule has 1 atom stereocenters. The first-order valence-electron chi connectivity index (χ1n) is 6.57. The first-order chi connectivity index (χ1) is 8.66. The fourth-order valence-electron chi connectivity index (χ4n) is 2.08. The van der Waals surface area contributed by atoms with Crippen LogP contribution in [-0.2, 0) is 10.0 Å². The molecule has 0 saturated carbocycles. The molecule has 3 N–H and O–H groups in total. The third-order valence-electron chi connectivity index (χ3n) is 3.55. The molecule has 1 aromatic rings. The van der Waals surface area contributed by atoms with Crippen LogP contribution in [0.5, 0.6) is 0 Å². The van der Waals surface area contributed by atoms with Crippen LogP contribution in [0.2, 0.25) is 0 Å². The van der Waals surface area contributed by atoms with Gasteiger partial charge in [0.1, 0.15) is 0 Å². The van der Waals surface area contributed by atoms with Crippen LogP contribution in [-0.4, -0.2) is 14.5 Å². The Bertz CT molecular complexity index is 551. The molecule has 1 aromatic carbocycles. The molecule has 1 unspecified atom stereocenters. The first kappa shape index (κ1) is 16.0. The van der Waals surface area contributed by atoms with Gasteiger partial charge in [-0.2, -0.15) is 0 Å². The highest BCUT2D eigenvalue weighted by atomic mass is 32.2. The van der Waals surface area contributed by atoms with Gasteiger partial charge < -0.3 is 5.32 Å². The Balaban J connectivity index is 3.24. The van der Waals surface area contributed by atoms with Crippen LogP contribution in [0.4, 0.5) is 5.69 Å². The summed E-state index contributed by atoms with van der Waals surface area (Å²) < 4.78 is 23.0. The molecule has 4 nitrogen and oxygen atoms in total. The third kappa shape index (κ3) is 3.94. The molecule has 0 spiro atoms. The van der Waals surface area contributed by atoms with Crippen molar-refractivity contribution in [3.63, 3.8) is 0 Å². The molecule has 0 radical (unpaired) electrons. The summed E-state index contributed by atoms with van der Waals surface area (Å²) in [5.74, 6) is 0.475. The predicted octanol–water partition coefficient (Wildman–Crippen LogP) is 2.80. The van der Waals surface area contributed by atoms with Crippen LogP contribution in [0, 0.1) is 19.8 Å². The summed E-state index contributed by atoms with van der Waals surface area (Å²) in [6.45, 7) is 10.3. The maximum atomic E-state index is 11.5. The lowest BCUT2D eigenvalue weighted by Crippen LogP contribution is -2.25. The molecule has 0 saturated heterocycles. The van der Waals surface area contributed by atoms with Crippen molar-refractivity contribution in [1.82, 2.24) is 0 Å². The molecule has 19 heavy (non-hydrogen) atoms. The number of nitrogens with one attached hydrogen (secondary N) is 1. The van der Waals surface area contributed by atoms with Crippen LogP contribution < -0.4 is 10.5 Å². The van der Waals surface area contributed by atoms with E-state index < -0.39 is 10.0 Å². The summed E-state index contributed by atoms with van der Waals surface area (Å²) >= 11 is 0. The summed E-state index contributed by atoms with van der Waals surface area (Å²) in [6, 6.07) is 3.56. The Hall–Kier alpha value is -1.07. The summed E-state index contributed by atoms with van der Waals surface area (Å²) in [6.07, 6.45) is 0.982. The van der Waals surface area contributed by atoms with Crippen LogP contribution in [0.1, 0.15) is 38.3 Å². The minimum Gasteiger partial charge on any atom is -0.382 e. The lowest BCUT2D eigenvalue weighted by atomic mass is 10.00. The molecule has 0 aliphatic heterocycles. The van der Waals surface area contributed by atoms with Crippen molar-refractivity contribution in [3.8, 4) is 0 Å². The molecule has 0 bridgehead atoms. The van der Waals surface area contributed by atoms with Crippen molar-refractivity contribution >= 4 is 15.7 Å². The topological polar surface area (TPSA) is 72.2 Å². The van der Waals surface area contributed by atoms with E-state index in [1.165, 1.54) is 0 Å². The molecule has 0 aliphatic rings. The fourth-order valence-corrected chi connectivity index (χ4v) is 2.70. The van der Waals surface area contributed by atoms with Crippen LogP contribution >= 0.6 is 0 Å². The first-order valence-corrected chi connectivity index (χ1v) is 8.12. The van der Waals surface area contributed by atoms with Gasteiger partial charge in [0.2, 0.25) is 10.0 Å². The van der Waals surface area contributed by atoms with Crippen molar-refractivity contribution in [3.05, 3.63) is 23.3 Å². The highest BCUT2D eigenvalue weighted by Gasteiger charge is 2.16. The Labute approximate surface area is 116 Å². The number of anilines is 1. The minimum atomic E-state index is -3.67. The minimum absolute atomic E-state index is 0.164. The SMILES string of the molecule is CCC(Nc1cc(S(N)(=O)=O)cc(C)c1C)C(C)C. The largest absolute Gasteiger partial charge is 0.382 e. The van der Waals surface area contributed by atoms with Gasteiger partial charge in [0, 0.05) is 11.7 Å². The standard InChI is InChI=1S/C14H24N2O2S/c1-6-13(9(2)3)16-14-8-12(19(15,17)18)7-10(4)11(14)5/h7-9,13,16H,6H2,1-5H3,(H2,15,17,18). The van der Waals surface area contributed by atoms with E-state index in [4.69, 9.17) is 5.14 Å². The zero-order chi connectivity index (χ0) is 14.8. The summed E-state index contributed by atoms with van der Waals surface area (Å²) in [5, 5.41) is 8.64. The molecule has 0 heterocycles. The van der Waals surface area contributed by atoms with Crippen LogP contribution in [0.25, 0.3) is 0 Å². The van der Waals surface area contributed by atoms with E-state index in [2.05, 4.69) is 26.1 Å².